The van der Waals surface area contributed by atoms with Crippen molar-refractivity contribution in [3.63, 3.8) is 0 Å². The topological polar surface area (TPSA) is 104 Å². The van der Waals surface area contributed by atoms with E-state index in [4.69, 9.17) is 25.7 Å². The first-order chi connectivity index (χ1) is 14.6. The Morgan fingerprint density at radius 1 is 1.00 bits per heavy atom. The summed E-state index contributed by atoms with van der Waals surface area (Å²) in [6.07, 6.45) is 0. The van der Waals surface area contributed by atoms with Crippen LogP contribution in [0.2, 0.25) is 0 Å². The molecule has 0 aromatic heterocycles. The molecule has 4 N–H and O–H groups in total. The molecule has 0 aliphatic carbocycles. The van der Waals surface area contributed by atoms with Crippen LogP contribution in [-0.2, 0) is 6.61 Å². The summed E-state index contributed by atoms with van der Waals surface area (Å²) >= 11 is 0. The Hall–Kier alpha value is -4.11. The lowest BCUT2D eigenvalue weighted by Gasteiger charge is -2.27. The number of nitriles is 1. The fourth-order valence-electron chi connectivity index (χ4n) is 3.53. The van der Waals surface area contributed by atoms with Gasteiger partial charge in [0.2, 0.25) is 5.88 Å². The number of hydrogen-bond donors (Lipinski definition) is 2. The molecule has 0 amide bonds. The number of allylic oxidation sites excluding steroid dienone is 1. The van der Waals surface area contributed by atoms with Gasteiger partial charge in [-0.1, -0.05) is 42.5 Å². The summed E-state index contributed by atoms with van der Waals surface area (Å²) in [7, 11) is 1.59. The van der Waals surface area contributed by atoms with Gasteiger partial charge < -0.3 is 25.7 Å². The number of rotatable bonds is 5. The zero-order valence-electron chi connectivity index (χ0n) is 16.5. The molecule has 0 spiro atoms. The van der Waals surface area contributed by atoms with Crippen molar-refractivity contribution in [3.8, 4) is 23.3 Å². The quantitative estimate of drug-likeness (QED) is 0.627. The minimum atomic E-state index is -0.392. The van der Waals surface area contributed by atoms with Gasteiger partial charge in [-0.3, -0.25) is 0 Å². The van der Waals surface area contributed by atoms with Crippen molar-refractivity contribution < 1.29 is 14.2 Å². The second kappa shape index (κ2) is 8.10. The highest BCUT2D eigenvalue weighted by molar-refractivity contribution is 5.60. The lowest BCUT2D eigenvalue weighted by Crippen LogP contribution is -2.21. The molecule has 0 unspecified atom stereocenters. The minimum absolute atomic E-state index is 0.0731. The number of methoxy groups -OCH3 is 1. The number of benzene rings is 3. The van der Waals surface area contributed by atoms with E-state index in [1.54, 1.807) is 19.2 Å². The van der Waals surface area contributed by atoms with Crippen molar-refractivity contribution >= 4 is 5.69 Å². The lowest BCUT2D eigenvalue weighted by molar-refractivity contribution is 0.284. The molecule has 150 valence electrons. The number of fused-ring (bicyclic) bond motifs is 1. The number of nitrogen functional groups attached to an aromatic ring is 1. The van der Waals surface area contributed by atoms with E-state index >= 15 is 0 Å². The van der Waals surface area contributed by atoms with Gasteiger partial charge in [0.15, 0.2) is 11.5 Å². The van der Waals surface area contributed by atoms with Crippen molar-refractivity contribution in [1.82, 2.24) is 0 Å². The minimum Gasteiger partial charge on any atom is -0.493 e. The number of ether oxygens (including phenoxy) is 3. The Bertz CT molecular complexity index is 1150. The van der Waals surface area contributed by atoms with Gasteiger partial charge in [0.05, 0.1) is 13.0 Å². The number of hydrogen-bond acceptors (Lipinski definition) is 6. The summed E-state index contributed by atoms with van der Waals surface area (Å²) in [5.74, 6) is 1.41. The van der Waals surface area contributed by atoms with Crippen molar-refractivity contribution in [1.29, 1.82) is 5.26 Å². The van der Waals surface area contributed by atoms with Gasteiger partial charge in [0.25, 0.3) is 0 Å². The third-order valence-corrected chi connectivity index (χ3v) is 5.00. The number of nitrogens with zero attached hydrogens (tertiary/aromatic N) is 1. The smallest absolute Gasteiger partial charge is 0.205 e. The van der Waals surface area contributed by atoms with Crippen molar-refractivity contribution in [2.45, 2.75) is 12.5 Å². The van der Waals surface area contributed by atoms with Crippen LogP contribution in [0.5, 0.6) is 17.2 Å². The van der Waals surface area contributed by atoms with Crippen LogP contribution in [0, 0.1) is 11.3 Å². The standard InChI is InChI=1S/C24H21N3O3/c1-28-22-11-16(7-10-20(22)29-14-15-5-3-2-4-6-15)23-18-9-8-17(26)12-21(18)30-24(27)19(23)13-25/h2-12,23H,14,26-27H2,1H3/t23-/m1/s1. The van der Waals surface area contributed by atoms with E-state index in [0.717, 1.165) is 16.7 Å². The Morgan fingerprint density at radius 2 is 1.80 bits per heavy atom. The van der Waals surface area contributed by atoms with Crippen LogP contribution in [0.25, 0.3) is 0 Å². The predicted molar refractivity (Wildman–Crippen MR) is 114 cm³/mol. The first kappa shape index (κ1) is 19.2. The molecule has 0 saturated heterocycles. The summed E-state index contributed by atoms with van der Waals surface area (Å²) in [5.41, 5.74) is 15.5. The van der Waals surface area contributed by atoms with Crippen LogP contribution < -0.4 is 25.7 Å². The summed E-state index contributed by atoms with van der Waals surface area (Å²) in [4.78, 5) is 0. The maximum absolute atomic E-state index is 9.72. The average molecular weight is 399 g/mol. The van der Waals surface area contributed by atoms with Crippen molar-refractivity contribution in [3.05, 3.63) is 94.9 Å². The van der Waals surface area contributed by atoms with Crippen molar-refractivity contribution in [2.24, 2.45) is 5.73 Å². The molecule has 6 nitrogen and oxygen atoms in total. The molecule has 1 aliphatic rings. The molecule has 6 heteroatoms. The van der Waals surface area contributed by atoms with E-state index in [1.165, 1.54) is 0 Å². The molecule has 3 aromatic rings. The van der Waals surface area contributed by atoms with E-state index in [2.05, 4.69) is 6.07 Å². The Kier molecular flexibility index (Phi) is 5.19. The molecule has 4 rings (SSSR count). The van der Waals surface area contributed by atoms with Crippen LogP contribution in [-0.4, -0.2) is 7.11 Å². The van der Waals surface area contributed by atoms with Gasteiger partial charge in [-0.05, 0) is 29.3 Å². The summed E-state index contributed by atoms with van der Waals surface area (Å²) in [6.45, 7) is 0.423. The van der Waals surface area contributed by atoms with E-state index in [9.17, 15) is 5.26 Å². The van der Waals surface area contributed by atoms with Crippen LogP contribution in [0.15, 0.2) is 78.2 Å². The Balaban J connectivity index is 1.70. The van der Waals surface area contributed by atoms with Gasteiger partial charge >= 0.3 is 0 Å². The fourth-order valence-corrected chi connectivity index (χ4v) is 3.53. The molecular weight excluding hydrogens is 378 g/mol. The SMILES string of the molecule is COc1cc([C@H]2C(C#N)=C(N)Oc3cc(N)ccc32)ccc1OCc1ccccc1. The van der Waals surface area contributed by atoms with Gasteiger partial charge in [-0.2, -0.15) is 5.26 Å². The zero-order valence-corrected chi connectivity index (χ0v) is 16.5. The summed E-state index contributed by atoms with van der Waals surface area (Å²) < 4.78 is 17.1. The zero-order chi connectivity index (χ0) is 21.1. The molecule has 30 heavy (non-hydrogen) atoms. The van der Waals surface area contributed by atoms with Crippen molar-refractivity contribution in [2.75, 3.05) is 12.8 Å². The van der Waals surface area contributed by atoms with Gasteiger partial charge in [-0.25, -0.2) is 0 Å². The summed E-state index contributed by atoms with van der Waals surface area (Å²) in [6, 6.07) is 23.0. The molecule has 0 radical (unpaired) electrons. The van der Waals surface area contributed by atoms with Gasteiger partial charge in [0.1, 0.15) is 24.0 Å². The third-order valence-electron chi connectivity index (χ3n) is 5.00. The molecule has 3 aromatic carbocycles. The number of nitrogens with two attached hydrogens (primary N) is 2. The molecule has 0 bridgehead atoms. The monoisotopic (exact) mass is 399 g/mol. The molecule has 1 heterocycles. The highest BCUT2D eigenvalue weighted by Gasteiger charge is 2.31. The highest BCUT2D eigenvalue weighted by atomic mass is 16.5. The first-order valence-electron chi connectivity index (χ1n) is 9.42. The normalized spacial score (nSPS) is 15.0. The summed E-state index contributed by atoms with van der Waals surface area (Å²) in [5, 5.41) is 9.72. The molecule has 0 saturated carbocycles. The van der Waals surface area contributed by atoms with Crippen LogP contribution in [0.4, 0.5) is 5.69 Å². The lowest BCUT2D eigenvalue weighted by atomic mass is 9.83. The molecule has 1 aliphatic heterocycles. The first-order valence-corrected chi connectivity index (χ1v) is 9.42. The van der Waals surface area contributed by atoms with E-state index in [1.807, 2.05) is 54.6 Å². The highest BCUT2D eigenvalue weighted by Crippen LogP contribution is 2.44. The fraction of sp³-hybridized carbons (Fsp3) is 0.125. The number of anilines is 1. The Labute approximate surface area is 174 Å². The largest absolute Gasteiger partial charge is 0.493 e. The van der Waals surface area contributed by atoms with E-state index in [0.29, 0.717) is 35.1 Å². The maximum Gasteiger partial charge on any atom is 0.205 e. The van der Waals surface area contributed by atoms with Crippen LogP contribution in [0.1, 0.15) is 22.6 Å². The van der Waals surface area contributed by atoms with Gasteiger partial charge in [0, 0.05) is 17.3 Å². The second-order valence-corrected chi connectivity index (χ2v) is 6.91. The van der Waals surface area contributed by atoms with Gasteiger partial charge in [-0.15, -0.1) is 0 Å². The van der Waals surface area contributed by atoms with Crippen LogP contribution in [0.3, 0.4) is 0 Å². The van der Waals surface area contributed by atoms with E-state index in [-0.39, 0.29) is 5.88 Å². The third kappa shape index (κ3) is 3.61. The second-order valence-electron chi connectivity index (χ2n) is 6.91. The maximum atomic E-state index is 9.72. The van der Waals surface area contributed by atoms with E-state index < -0.39 is 5.92 Å². The van der Waals surface area contributed by atoms with Crippen LogP contribution >= 0.6 is 0 Å². The molecule has 0 fully saturated rings. The average Bonchev–Trinajstić information content (AvgIpc) is 2.77. The molecule has 1 atom stereocenters. The Morgan fingerprint density at radius 3 is 2.53 bits per heavy atom. The molecular formula is C24H21N3O3. The predicted octanol–water partition coefficient (Wildman–Crippen LogP) is 4.07.